The molecule has 24 heavy (non-hydrogen) atoms. The van der Waals surface area contributed by atoms with Crippen molar-refractivity contribution in [3.05, 3.63) is 81.9 Å². The minimum absolute atomic E-state index is 0.230. The molecule has 0 amide bonds. The Morgan fingerprint density at radius 1 is 0.708 bits per heavy atom. The summed E-state index contributed by atoms with van der Waals surface area (Å²) >= 11 is 0.230. The van der Waals surface area contributed by atoms with Crippen molar-refractivity contribution in [1.82, 2.24) is 0 Å². The Morgan fingerprint density at radius 3 is 1.50 bits per heavy atom. The van der Waals surface area contributed by atoms with Crippen LogP contribution < -0.4 is 0 Å². The Morgan fingerprint density at radius 2 is 1.08 bits per heavy atom. The molecule has 2 heteroatoms. The Kier molecular flexibility index (Phi) is 5.89. The van der Waals surface area contributed by atoms with E-state index in [4.69, 9.17) is 0 Å². The van der Waals surface area contributed by atoms with E-state index < -0.39 is 0 Å². The van der Waals surface area contributed by atoms with Gasteiger partial charge in [-0.1, -0.05) is 71.8 Å². The summed E-state index contributed by atoms with van der Waals surface area (Å²) in [5, 5.41) is 0. The Bertz CT molecular complexity index is 723. The summed E-state index contributed by atoms with van der Waals surface area (Å²) in [6.45, 7) is 4.63. The molecule has 0 bridgehead atoms. The topological polar surface area (TPSA) is 0 Å². The van der Waals surface area contributed by atoms with Gasteiger partial charge in [-0.2, -0.15) is 0 Å². The zero-order valence-electron chi connectivity index (χ0n) is 15.1. The molecule has 2 aliphatic rings. The standard InChI is InChI=1S/C20H20Si.2CH3.Zr/c1-13-11-15-7-3-5-9-17(15)19(13)21-20-14(2)12-16-8-4-6-10-18(16)20;;;/h3-12,19-20H,21H2,1-2H3;2*1H3;. The first kappa shape index (κ1) is 17.8. The third-order valence-electron chi connectivity index (χ3n) is 5.08. The molecule has 0 saturated carbocycles. The molecule has 4 rings (SSSR count). The second-order valence-electron chi connectivity index (χ2n) is 6.88. The Balaban J connectivity index is 0.000000526. The van der Waals surface area contributed by atoms with Crippen molar-refractivity contribution in [3.63, 3.8) is 0 Å². The molecule has 2 unspecified atom stereocenters. The SMILES string of the molecule is CC1=Cc2ccccc2C1[SiH2]C1C(C)=Cc2ccccc21.[CH3][Zr][CH3]. The van der Waals surface area contributed by atoms with Crippen LogP contribution in [0, 0.1) is 0 Å². The molecule has 0 nitrogen and oxygen atoms in total. The summed E-state index contributed by atoms with van der Waals surface area (Å²) < 4.78 is 4.59. The first-order valence-electron chi connectivity index (χ1n) is 8.78. The van der Waals surface area contributed by atoms with Crippen LogP contribution in [0.15, 0.2) is 59.7 Å². The number of hydrogen-bond donors (Lipinski definition) is 0. The van der Waals surface area contributed by atoms with Crippen LogP contribution in [0.4, 0.5) is 0 Å². The van der Waals surface area contributed by atoms with E-state index in [0.717, 1.165) is 0 Å². The molecule has 0 aromatic heterocycles. The number of rotatable bonds is 2. The van der Waals surface area contributed by atoms with Gasteiger partial charge in [-0.15, -0.1) is 0 Å². The molecular formula is C22H26SiZr. The first-order valence-corrected chi connectivity index (χ1v) is 15.3. The molecule has 2 aliphatic carbocycles. The van der Waals surface area contributed by atoms with Crippen molar-refractivity contribution in [2.75, 3.05) is 0 Å². The van der Waals surface area contributed by atoms with Gasteiger partial charge in [0.25, 0.3) is 0 Å². The summed E-state index contributed by atoms with van der Waals surface area (Å²) in [4.78, 5) is 0. The van der Waals surface area contributed by atoms with Gasteiger partial charge in [0, 0.05) is 9.52 Å². The van der Waals surface area contributed by atoms with Crippen LogP contribution in [0.25, 0.3) is 12.2 Å². The molecule has 0 heterocycles. The molecule has 2 aromatic rings. The molecule has 0 saturated heterocycles. The second kappa shape index (κ2) is 7.93. The molecule has 0 N–H and O–H groups in total. The minimum atomic E-state index is -0.285. The van der Waals surface area contributed by atoms with Gasteiger partial charge in [-0.3, -0.25) is 0 Å². The zero-order chi connectivity index (χ0) is 17.1. The molecule has 2 aromatic carbocycles. The normalized spacial score (nSPS) is 20.8. The average molecular weight is 410 g/mol. The number of allylic oxidation sites excluding steroid dienone is 2. The molecule has 122 valence electrons. The zero-order valence-corrected chi connectivity index (χ0v) is 19.0. The first-order chi connectivity index (χ1) is 11.7. The Hall–Kier alpha value is -0.980. The summed E-state index contributed by atoms with van der Waals surface area (Å²) in [6.07, 6.45) is 4.79. The number of fused-ring (bicyclic) bond motifs is 2. The van der Waals surface area contributed by atoms with Crippen LogP contribution in [-0.4, -0.2) is 9.52 Å². The van der Waals surface area contributed by atoms with Gasteiger partial charge >= 0.3 is 32.5 Å². The molecule has 0 fully saturated rings. The maximum absolute atomic E-state index is 2.40. The number of hydrogen-bond acceptors (Lipinski definition) is 0. The fourth-order valence-electron chi connectivity index (χ4n) is 3.96. The van der Waals surface area contributed by atoms with Crippen molar-refractivity contribution in [2.45, 2.75) is 34.2 Å². The van der Waals surface area contributed by atoms with Crippen LogP contribution in [0.1, 0.15) is 47.2 Å². The predicted molar refractivity (Wildman–Crippen MR) is 106 cm³/mol. The van der Waals surface area contributed by atoms with Gasteiger partial charge in [0.2, 0.25) is 0 Å². The second-order valence-corrected chi connectivity index (χ2v) is 11.4. The van der Waals surface area contributed by atoms with Gasteiger partial charge in [-0.05, 0) is 47.2 Å². The summed E-state index contributed by atoms with van der Waals surface area (Å²) in [6, 6.07) is 17.9. The van der Waals surface area contributed by atoms with Crippen LogP contribution in [0.3, 0.4) is 0 Å². The molecule has 0 spiro atoms. The van der Waals surface area contributed by atoms with Crippen LogP contribution in [0.5, 0.6) is 0 Å². The molecular weight excluding hydrogens is 384 g/mol. The number of benzene rings is 2. The molecule has 0 aliphatic heterocycles. The van der Waals surface area contributed by atoms with Gasteiger partial charge in [0.15, 0.2) is 0 Å². The van der Waals surface area contributed by atoms with E-state index in [9.17, 15) is 0 Å². The third-order valence-corrected chi connectivity index (χ3v) is 8.19. The van der Waals surface area contributed by atoms with Crippen LogP contribution in [-0.2, 0) is 23.2 Å². The molecule has 0 radical (unpaired) electrons. The van der Waals surface area contributed by atoms with Crippen molar-refractivity contribution < 1.29 is 23.2 Å². The van der Waals surface area contributed by atoms with Gasteiger partial charge in [-0.25, -0.2) is 0 Å². The van der Waals surface area contributed by atoms with Crippen LogP contribution >= 0.6 is 0 Å². The third kappa shape index (κ3) is 3.51. The average Bonchev–Trinajstić information content (AvgIpc) is 3.06. The predicted octanol–water partition coefficient (Wildman–Crippen LogP) is 5.64. The fraction of sp³-hybridized carbons (Fsp3) is 0.273. The van der Waals surface area contributed by atoms with E-state index in [-0.39, 0.29) is 32.8 Å². The van der Waals surface area contributed by atoms with E-state index in [1.54, 1.807) is 22.3 Å². The molecule has 2 atom stereocenters. The van der Waals surface area contributed by atoms with Gasteiger partial charge in [0.1, 0.15) is 0 Å². The maximum atomic E-state index is 2.40. The summed E-state index contributed by atoms with van der Waals surface area (Å²) in [5.41, 5.74) is 10.6. The van der Waals surface area contributed by atoms with Crippen molar-refractivity contribution in [2.24, 2.45) is 0 Å². The van der Waals surface area contributed by atoms with E-state index in [2.05, 4.69) is 83.8 Å². The Labute approximate surface area is 160 Å². The van der Waals surface area contributed by atoms with Crippen LogP contribution in [0.2, 0.25) is 9.26 Å². The fourth-order valence-corrected chi connectivity index (χ4v) is 6.67. The van der Waals surface area contributed by atoms with Gasteiger partial charge < -0.3 is 0 Å². The van der Waals surface area contributed by atoms with Crippen molar-refractivity contribution in [1.29, 1.82) is 0 Å². The van der Waals surface area contributed by atoms with Gasteiger partial charge in [0.05, 0.1) is 0 Å². The van der Waals surface area contributed by atoms with E-state index in [1.807, 2.05) is 0 Å². The van der Waals surface area contributed by atoms with E-state index in [1.165, 1.54) is 11.1 Å². The quantitative estimate of drug-likeness (QED) is 0.563. The van der Waals surface area contributed by atoms with E-state index >= 15 is 0 Å². The van der Waals surface area contributed by atoms with E-state index in [0.29, 0.717) is 11.1 Å². The van der Waals surface area contributed by atoms with Crippen molar-refractivity contribution in [3.8, 4) is 0 Å². The summed E-state index contributed by atoms with van der Waals surface area (Å²) in [5.74, 6) is 0. The monoisotopic (exact) mass is 408 g/mol. The summed E-state index contributed by atoms with van der Waals surface area (Å²) in [7, 11) is -0.285. The van der Waals surface area contributed by atoms with Crippen molar-refractivity contribution >= 4 is 21.7 Å².